The number of rotatable bonds is 6. The van der Waals surface area contributed by atoms with Crippen LogP contribution >= 0.6 is 0 Å². The van der Waals surface area contributed by atoms with E-state index >= 15 is 0 Å². The van der Waals surface area contributed by atoms with E-state index in [0.29, 0.717) is 31.8 Å². The molecule has 2 aliphatic heterocycles. The highest BCUT2D eigenvalue weighted by atomic mass is 32.2. The highest BCUT2D eigenvalue weighted by molar-refractivity contribution is 7.89. The summed E-state index contributed by atoms with van der Waals surface area (Å²) in [4.78, 5) is 21.5. The molecule has 8 nitrogen and oxygen atoms in total. The molecule has 0 spiro atoms. The first-order valence-electron chi connectivity index (χ1n) is 11.6. The molecule has 4 rings (SSSR count). The molecule has 33 heavy (non-hydrogen) atoms. The van der Waals surface area contributed by atoms with Gasteiger partial charge in [0.25, 0.3) is 10.0 Å². The molecule has 0 unspecified atom stereocenters. The third-order valence-corrected chi connectivity index (χ3v) is 8.42. The standard InChI is InChI=1S/C24H33N5O3S/c1-20-25-23(19-26(20)2)33(31,32)29-13-10-22(11-14-29)24(30)28-17-15-27(16-18-28)12-6-9-21-7-4-3-5-8-21/h3-9,19,22H,10-18H2,1-2H3/b9-6+. The van der Waals surface area contributed by atoms with E-state index in [0.717, 1.165) is 32.7 Å². The minimum Gasteiger partial charge on any atom is -0.340 e. The fraction of sp³-hybridized carbons (Fsp3) is 0.500. The molecular weight excluding hydrogens is 438 g/mol. The largest absolute Gasteiger partial charge is 0.340 e. The first-order valence-corrected chi connectivity index (χ1v) is 13.0. The molecule has 9 heteroatoms. The Balaban J connectivity index is 1.24. The van der Waals surface area contributed by atoms with Gasteiger partial charge < -0.3 is 9.47 Å². The van der Waals surface area contributed by atoms with Crippen molar-refractivity contribution in [2.75, 3.05) is 45.8 Å². The van der Waals surface area contributed by atoms with E-state index in [2.05, 4.69) is 34.2 Å². The number of hydrogen-bond acceptors (Lipinski definition) is 5. The molecule has 1 aromatic heterocycles. The molecule has 0 bridgehead atoms. The summed E-state index contributed by atoms with van der Waals surface area (Å²) in [5, 5.41) is 0.0877. The number of imidazole rings is 1. The van der Waals surface area contributed by atoms with E-state index in [-0.39, 0.29) is 16.9 Å². The average molecular weight is 472 g/mol. The van der Waals surface area contributed by atoms with Crippen LogP contribution in [-0.2, 0) is 21.9 Å². The number of hydrogen-bond donors (Lipinski definition) is 0. The molecule has 3 heterocycles. The second-order valence-electron chi connectivity index (χ2n) is 8.85. The molecule has 0 N–H and O–H groups in total. The minimum absolute atomic E-state index is 0.0877. The Kier molecular flexibility index (Phi) is 7.31. The zero-order chi connectivity index (χ0) is 23.4. The monoisotopic (exact) mass is 471 g/mol. The Labute approximate surface area is 196 Å². The van der Waals surface area contributed by atoms with Gasteiger partial charge in [0.05, 0.1) is 0 Å². The zero-order valence-corrected chi connectivity index (χ0v) is 20.2. The summed E-state index contributed by atoms with van der Waals surface area (Å²) in [5.41, 5.74) is 1.19. The van der Waals surface area contributed by atoms with Crippen molar-refractivity contribution in [1.82, 2.24) is 23.7 Å². The van der Waals surface area contributed by atoms with E-state index in [1.54, 1.807) is 24.7 Å². The van der Waals surface area contributed by atoms with Gasteiger partial charge in [0.1, 0.15) is 5.82 Å². The normalized spacial score (nSPS) is 19.4. The highest BCUT2D eigenvalue weighted by Crippen LogP contribution is 2.25. The van der Waals surface area contributed by atoms with Crippen LogP contribution in [0.15, 0.2) is 47.6 Å². The van der Waals surface area contributed by atoms with Crippen molar-refractivity contribution < 1.29 is 13.2 Å². The molecule has 1 aromatic carbocycles. The summed E-state index contributed by atoms with van der Waals surface area (Å²) in [7, 11) is -1.83. The molecule has 0 atom stereocenters. The van der Waals surface area contributed by atoms with Crippen LogP contribution in [0.1, 0.15) is 24.2 Å². The number of aromatic nitrogens is 2. The number of piperazine rings is 1. The number of carbonyl (C=O) groups excluding carboxylic acids is 1. The second-order valence-corrected chi connectivity index (χ2v) is 10.7. The SMILES string of the molecule is Cc1nc(S(=O)(=O)N2CCC(C(=O)N3CCN(C/C=C/c4ccccc4)CC3)CC2)cn1C. The lowest BCUT2D eigenvalue weighted by atomic mass is 9.96. The summed E-state index contributed by atoms with van der Waals surface area (Å²) in [5.74, 6) is 0.722. The predicted molar refractivity (Wildman–Crippen MR) is 128 cm³/mol. The fourth-order valence-corrected chi connectivity index (χ4v) is 5.93. The maximum atomic E-state index is 13.0. The third-order valence-electron chi connectivity index (χ3n) is 6.65. The van der Waals surface area contributed by atoms with E-state index in [4.69, 9.17) is 0 Å². The van der Waals surface area contributed by atoms with Gasteiger partial charge in [-0.3, -0.25) is 9.69 Å². The van der Waals surface area contributed by atoms with E-state index in [9.17, 15) is 13.2 Å². The van der Waals surface area contributed by atoms with Gasteiger partial charge in [0.15, 0.2) is 5.03 Å². The molecule has 178 valence electrons. The van der Waals surface area contributed by atoms with Gasteiger partial charge in [-0.15, -0.1) is 0 Å². The van der Waals surface area contributed by atoms with Gasteiger partial charge >= 0.3 is 0 Å². The molecular formula is C24H33N5O3S. The van der Waals surface area contributed by atoms with Gasteiger partial charge in [0.2, 0.25) is 5.91 Å². The molecule has 2 aliphatic rings. The maximum absolute atomic E-state index is 13.0. The Morgan fingerprint density at radius 1 is 1.06 bits per heavy atom. The number of benzene rings is 1. The smallest absolute Gasteiger partial charge is 0.262 e. The van der Waals surface area contributed by atoms with Gasteiger partial charge in [-0.25, -0.2) is 13.4 Å². The molecule has 2 fully saturated rings. The third kappa shape index (κ3) is 5.54. The zero-order valence-electron chi connectivity index (χ0n) is 19.4. The number of nitrogens with zero attached hydrogens (tertiary/aromatic N) is 5. The molecule has 1 amide bonds. The van der Waals surface area contributed by atoms with Gasteiger partial charge in [0, 0.05) is 65.0 Å². The lowest BCUT2D eigenvalue weighted by Crippen LogP contribution is -2.51. The van der Waals surface area contributed by atoms with Crippen LogP contribution in [0.25, 0.3) is 6.08 Å². The lowest BCUT2D eigenvalue weighted by molar-refractivity contribution is -0.138. The number of piperidine rings is 1. The van der Waals surface area contributed by atoms with Gasteiger partial charge in [-0.05, 0) is 25.3 Å². The van der Waals surface area contributed by atoms with Crippen molar-refractivity contribution in [1.29, 1.82) is 0 Å². The predicted octanol–water partition coefficient (Wildman–Crippen LogP) is 1.99. The van der Waals surface area contributed by atoms with Crippen molar-refractivity contribution in [2.24, 2.45) is 13.0 Å². The maximum Gasteiger partial charge on any atom is 0.262 e. The summed E-state index contributed by atoms with van der Waals surface area (Å²) >= 11 is 0. The number of carbonyl (C=O) groups is 1. The Morgan fingerprint density at radius 2 is 1.73 bits per heavy atom. The van der Waals surface area contributed by atoms with Crippen LogP contribution in [0.2, 0.25) is 0 Å². The van der Waals surface area contributed by atoms with Crippen molar-refractivity contribution in [3.8, 4) is 0 Å². The summed E-state index contributed by atoms with van der Waals surface area (Å²) in [6, 6.07) is 10.2. The van der Waals surface area contributed by atoms with Crippen molar-refractivity contribution >= 4 is 22.0 Å². The van der Waals surface area contributed by atoms with Crippen LogP contribution in [0.4, 0.5) is 0 Å². The van der Waals surface area contributed by atoms with E-state index < -0.39 is 10.0 Å². The highest BCUT2D eigenvalue weighted by Gasteiger charge is 2.35. The minimum atomic E-state index is -3.61. The Hall–Kier alpha value is -2.49. The van der Waals surface area contributed by atoms with Crippen LogP contribution in [0, 0.1) is 12.8 Å². The van der Waals surface area contributed by atoms with Gasteiger partial charge in [-0.1, -0.05) is 42.5 Å². The van der Waals surface area contributed by atoms with Crippen LogP contribution in [-0.4, -0.2) is 83.8 Å². The fourth-order valence-electron chi connectivity index (χ4n) is 4.44. The van der Waals surface area contributed by atoms with Crippen molar-refractivity contribution in [2.45, 2.75) is 24.8 Å². The first-order chi connectivity index (χ1) is 15.8. The topological polar surface area (TPSA) is 78.8 Å². The molecule has 0 aliphatic carbocycles. The Morgan fingerprint density at radius 3 is 2.33 bits per heavy atom. The molecule has 2 aromatic rings. The van der Waals surface area contributed by atoms with Crippen molar-refractivity contribution in [3.63, 3.8) is 0 Å². The van der Waals surface area contributed by atoms with E-state index in [1.807, 2.05) is 23.1 Å². The molecule has 0 radical (unpaired) electrons. The van der Waals surface area contributed by atoms with Crippen LogP contribution < -0.4 is 0 Å². The molecule has 2 saturated heterocycles. The van der Waals surface area contributed by atoms with Crippen LogP contribution in [0.5, 0.6) is 0 Å². The van der Waals surface area contributed by atoms with Crippen molar-refractivity contribution in [3.05, 3.63) is 54.0 Å². The summed E-state index contributed by atoms with van der Waals surface area (Å²) in [6.45, 7) is 6.54. The number of amides is 1. The summed E-state index contributed by atoms with van der Waals surface area (Å²) < 4.78 is 29.0. The Bertz CT molecular complexity index is 1060. The second kappa shape index (κ2) is 10.2. The quantitative estimate of drug-likeness (QED) is 0.644. The summed E-state index contributed by atoms with van der Waals surface area (Å²) in [6.07, 6.45) is 6.97. The van der Waals surface area contributed by atoms with Gasteiger partial charge in [-0.2, -0.15) is 4.31 Å². The number of sulfonamides is 1. The average Bonchev–Trinajstić information content (AvgIpc) is 3.19. The molecule has 0 saturated carbocycles. The lowest BCUT2D eigenvalue weighted by Gasteiger charge is -2.38. The first kappa shape index (κ1) is 23.7. The van der Waals surface area contributed by atoms with Crippen LogP contribution in [0.3, 0.4) is 0 Å². The number of aryl methyl sites for hydroxylation is 2. The van der Waals surface area contributed by atoms with E-state index in [1.165, 1.54) is 9.87 Å².